The first kappa shape index (κ1) is 17.7. The summed E-state index contributed by atoms with van der Waals surface area (Å²) in [6, 6.07) is 5.56. The number of carbonyl (C=O) groups is 1. The number of sulfonamides is 1. The van der Waals surface area contributed by atoms with Crippen molar-refractivity contribution in [1.29, 1.82) is 0 Å². The fraction of sp³-hybridized carbons (Fsp3) is 0.533. The maximum absolute atomic E-state index is 11.9. The van der Waals surface area contributed by atoms with E-state index in [0.717, 1.165) is 6.42 Å². The van der Waals surface area contributed by atoms with Gasteiger partial charge in [-0.05, 0) is 50.5 Å². The summed E-state index contributed by atoms with van der Waals surface area (Å²) >= 11 is 0. The highest BCUT2D eigenvalue weighted by Gasteiger charge is 2.16. The topological polar surface area (TPSA) is 72.5 Å². The van der Waals surface area contributed by atoms with Gasteiger partial charge in [-0.25, -0.2) is 17.9 Å². The quantitative estimate of drug-likeness (QED) is 0.785. The third-order valence-electron chi connectivity index (χ3n) is 2.72. The van der Waals surface area contributed by atoms with Gasteiger partial charge in [0.1, 0.15) is 0 Å². The highest BCUT2D eigenvalue weighted by molar-refractivity contribution is 7.89. The van der Waals surface area contributed by atoms with Gasteiger partial charge in [-0.1, -0.05) is 13.8 Å². The van der Waals surface area contributed by atoms with Crippen molar-refractivity contribution in [3.05, 3.63) is 29.8 Å². The van der Waals surface area contributed by atoms with Crippen molar-refractivity contribution < 1.29 is 17.9 Å². The highest BCUT2D eigenvalue weighted by Crippen LogP contribution is 2.12. The third-order valence-corrected chi connectivity index (χ3v) is 4.39. The van der Waals surface area contributed by atoms with E-state index in [1.807, 2.05) is 0 Å². The van der Waals surface area contributed by atoms with Gasteiger partial charge in [-0.2, -0.15) is 0 Å². The molecule has 118 valence electrons. The maximum atomic E-state index is 11.9. The number of nitrogens with one attached hydrogen (secondary N) is 1. The largest absolute Gasteiger partial charge is 0.462 e. The predicted molar refractivity (Wildman–Crippen MR) is 81.6 cm³/mol. The van der Waals surface area contributed by atoms with E-state index in [1.165, 1.54) is 24.3 Å². The van der Waals surface area contributed by atoms with E-state index in [2.05, 4.69) is 18.6 Å². The van der Waals surface area contributed by atoms with Gasteiger partial charge in [0, 0.05) is 6.04 Å². The molecule has 0 bridgehead atoms. The van der Waals surface area contributed by atoms with E-state index in [0.29, 0.717) is 18.1 Å². The number of ether oxygens (including phenoxy) is 1. The number of carbonyl (C=O) groups excluding carboxylic acids is 1. The summed E-state index contributed by atoms with van der Waals surface area (Å²) in [4.78, 5) is 11.9. The molecular formula is C15H23NO4S. The van der Waals surface area contributed by atoms with Crippen molar-refractivity contribution in [2.24, 2.45) is 5.92 Å². The normalized spacial score (nSPS) is 11.9. The lowest BCUT2D eigenvalue weighted by Gasteiger charge is -2.10. The standard InChI is InChI=1S/C15H23NO4S/c1-11(2)9-10-20-15(17)13-5-7-14(8-6-13)21(18,19)16-12(3)4/h5-8,11-12,16H,9-10H2,1-4H3. The van der Waals surface area contributed by atoms with E-state index in [4.69, 9.17) is 4.74 Å². The Morgan fingerprint density at radius 1 is 1.14 bits per heavy atom. The molecule has 1 rings (SSSR count). The summed E-state index contributed by atoms with van der Waals surface area (Å²) in [7, 11) is -3.53. The molecule has 0 aliphatic rings. The van der Waals surface area contributed by atoms with E-state index in [-0.39, 0.29) is 10.9 Å². The van der Waals surface area contributed by atoms with E-state index in [9.17, 15) is 13.2 Å². The second-order valence-corrected chi connectivity index (χ2v) is 7.33. The van der Waals surface area contributed by atoms with Crippen LogP contribution in [0.3, 0.4) is 0 Å². The van der Waals surface area contributed by atoms with Gasteiger partial charge in [0.15, 0.2) is 0 Å². The first-order valence-corrected chi connectivity index (χ1v) is 8.50. The minimum absolute atomic E-state index is 0.134. The van der Waals surface area contributed by atoms with Crippen LogP contribution in [0.25, 0.3) is 0 Å². The minimum atomic E-state index is -3.53. The van der Waals surface area contributed by atoms with Crippen LogP contribution in [0.1, 0.15) is 44.5 Å². The fourth-order valence-corrected chi connectivity index (χ4v) is 2.87. The van der Waals surface area contributed by atoms with Gasteiger partial charge in [-0.3, -0.25) is 0 Å². The molecule has 21 heavy (non-hydrogen) atoms. The first-order chi connectivity index (χ1) is 9.72. The Kier molecular flexibility index (Phi) is 6.36. The third kappa shape index (κ3) is 5.85. The molecule has 0 aliphatic heterocycles. The Morgan fingerprint density at radius 3 is 2.19 bits per heavy atom. The average molecular weight is 313 g/mol. The molecule has 0 heterocycles. The molecular weight excluding hydrogens is 290 g/mol. The zero-order valence-corrected chi connectivity index (χ0v) is 13.7. The SMILES string of the molecule is CC(C)CCOC(=O)c1ccc(S(=O)(=O)NC(C)C)cc1. The molecule has 0 spiro atoms. The summed E-state index contributed by atoms with van der Waals surface area (Å²) in [5, 5.41) is 0. The van der Waals surface area contributed by atoms with Gasteiger partial charge < -0.3 is 4.74 Å². The van der Waals surface area contributed by atoms with E-state index in [1.54, 1.807) is 13.8 Å². The molecule has 0 radical (unpaired) electrons. The van der Waals surface area contributed by atoms with Crippen molar-refractivity contribution >= 4 is 16.0 Å². The lowest BCUT2D eigenvalue weighted by atomic mass is 10.1. The Labute approximate surface area is 126 Å². The van der Waals surface area contributed by atoms with Gasteiger partial charge in [-0.15, -0.1) is 0 Å². The molecule has 0 fully saturated rings. The van der Waals surface area contributed by atoms with Crippen LogP contribution in [-0.2, 0) is 14.8 Å². The van der Waals surface area contributed by atoms with Crippen LogP contribution in [0, 0.1) is 5.92 Å². The van der Waals surface area contributed by atoms with Crippen molar-refractivity contribution in [2.45, 2.75) is 45.1 Å². The zero-order valence-electron chi connectivity index (χ0n) is 12.9. The molecule has 1 aromatic rings. The van der Waals surface area contributed by atoms with Gasteiger partial charge in [0.2, 0.25) is 10.0 Å². The van der Waals surface area contributed by atoms with Crippen molar-refractivity contribution in [1.82, 2.24) is 4.72 Å². The molecule has 5 nitrogen and oxygen atoms in total. The van der Waals surface area contributed by atoms with Crippen LogP contribution in [0.4, 0.5) is 0 Å². The molecule has 0 aromatic heterocycles. The average Bonchev–Trinajstić information content (AvgIpc) is 2.37. The second-order valence-electron chi connectivity index (χ2n) is 5.62. The zero-order chi connectivity index (χ0) is 16.0. The molecule has 0 saturated carbocycles. The lowest BCUT2D eigenvalue weighted by Crippen LogP contribution is -2.30. The Balaban J connectivity index is 2.72. The number of hydrogen-bond donors (Lipinski definition) is 1. The second kappa shape index (κ2) is 7.56. The first-order valence-electron chi connectivity index (χ1n) is 7.02. The number of rotatable bonds is 7. The van der Waals surface area contributed by atoms with Crippen molar-refractivity contribution in [3.8, 4) is 0 Å². The molecule has 0 atom stereocenters. The Bertz CT molecular complexity index is 562. The van der Waals surface area contributed by atoms with Crippen LogP contribution in [0.2, 0.25) is 0 Å². The summed E-state index contributed by atoms with van der Waals surface area (Å²) in [6.45, 7) is 7.96. The molecule has 1 aromatic carbocycles. The van der Waals surface area contributed by atoms with E-state index >= 15 is 0 Å². The summed E-state index contributed by atoms with van der Waals surface area (Å²) in [5.74, 6) is 0.0313. The van der Waals surface area contributed by atoms with Crippen LogP contribution in [-0.4, -0.2) is 27.0 Å². The number of hydrogen-bond acceptors (Lipinski definition) is 4. The molecule has 0 amide bonds. The van der Waals surface area contributed by atoms with Crippen molar-refractivity contribution in [2.75, 3.05) is 6.61 Å². The predicted octanol–water partition coefficient (Wildman–Crippen LogP) is 2.58. The van der Waals surface area contributed by atoms with Gasteiger partial charge in [0.25, 0.3) is 0 Å². The Hall–Kier alpha value is -1.40. The molecule has 6 heteroatoms. The van der Waals surface area contributed by atoms with Gasteiger partial charge in [0.05, 0.1) is 17.1 Å². The van der Waals surface area contributed by atoms with Crippen LogP contribution in [0.15, 0.2) is 29.2 Å². The summed E-state index contributed by atoms with van der Waals surface area (Å²) in [5.41, 5.74) is 0.349. The molecule has 0 unspecified atom stereocenters. The smallest absolute Gasteiger partial charge is 0.338 e. The molecule has 0 aliphatic carbocycles. The van der Waals surface area contributed by atoms with Crippen LogP contribution >= 0.6 is 0 Å². The van der Waals surface area contributed by atoms with E-state index < -0.39 is 16.0 Å². The number of esters is 1. The number of benzene rings is 1. The molecule has 1 N–H and O–H groups in total. The highest BCUT2D eigenvalue weighted by atomic mass is 32.2. The summed E-state index contributed by atoms with van der Waals surface area (Å²) < 4.78 is 31.5. The maximum Gasteiger partial charge on any atom is 0.338 e. The van der Waals surface area contributed by atoms with Gasteiger partial charge >= 0.3 is 5.97 Å². The lowest BCUT2D eigenvalue weighted by molar-refractivity contribution is 0.0488. The van der Waals surface area contributed by atoms with Crippen LogP contribution in [0.5, 0.6) is 0 Å². The van der Waals surface area contributed by atoms with Crippen molar-refractivity contribution in [3.63, 3.8) is 0 Å². The fourth-order valence-electron chi connectivity index (χ4n) is 1.62. The van der Waals surface area contributed by atoms with Crippen LogP contribution < -0.4 is 4.72 Å². The monoisotopic (exact) mass is 313 g/mol. The summed E-state index contributed by atoms with van der Waals surface area (Å²) in [6.07, 6.45) is 0.802. The Morgan fingerprint density at radius 2 is 1.71 bits per heavy atom. The minimum Gasteiger partial charge on any atom is -0.462 e. The molecule has 0 saturated heterocycles.